The molecule has 0 radical (unpaired) electrons. The summed E-state index contributed by atoms with van der Waals surface area (Å²) in [6.45, 7) is 0.941. The zero-order valence-electron chi connectivity index (χ0n) is 19.1. The first-order valence-corrected chi connectivity index (χ1v) is 11.4. The number of carbonyl (C=O) groups excluding carboxylic acids is 2. The number of hydrogen-bond donors (Lipinski definition) is 3. The molecule has 0 saturated heterocycles. The second kappa shape index (κ2) is 10.7. The lowest BCUT2D eigenvalue weighted by atomic mass is 10.1. The summed E-state index contributed by atoms with van der Waals surface area (Å²) >= 11 is 0. The van der Waals surface area contributed by atoms with Crippen molar-refractivity contribution in [2.24, 2.45) is 5.92 Å². The van der Waals surface area contributed by atoms with Crippen LogP contribution < -0.4 is 10.1 Å². The molecule has 184 valence electrons. The third kappa shape index (κ3) is 5.72. The number of Topliss-reactive ketones (excluding diaryl/α,β-unsaturated/α-hetero) is 1. The molecule has 10 heteroatoms. The number of ether oxygens (including phenoxy) is 1. The Balaban J connectivity index is 1.45. The number of halogens is 1. The largest absolute Gasteiger partial charge is 0.482 e. The molecule has 1 saturated carbocycles. The summed E-state index contributed by atoms with van der Waals surface area (Å²) in [5.41, 5.74) is 0.687. The summed E-state index contributed by atoms with van der Waals surface area (Å²) in [7, 11) is 0. The van der Waals surface area contributed by atoms with Crippen molar-refractivity contribution in [2.45, 2.75) is 38.3 Å². The van der Waals surface area contributed by atoms with Gasteiger partial charge in [-0.3, -0.25) is 9.59 Å². The molecule has 0 bridgehead atoms. The average molecular weight is 483 g/mol. The van der Waals surface area contributed by atoms with Crippen LogP contribution in [0.1, 0.15) is 58.8 Å². The Hall–Kier alpha value is -3.63. The van der Waals surface area contributed by atoms with E-state index in [0.717, 1.165) is 18.9 Å². The zero-order valence-corrected chi connectivity index (χ0v) is 19.1. The maximum absolute atomic E-state index is 14.6. The molecule has 1 atom stereocenters. The highest BCUT2D eigenvalue weighted by molar-refractivity contribution is 5.99. The fraction of sp³-hybridized carbons (Fsp3) is 0.360. The molecule has 2 aromatic carbocycles. The predicted molar refractivity (Wildman–Crippen MR) is 122 cm³/mol. The topological polar surface area (TPSA) is 135 Å². The molecule has 1 unspecified atom stereocenters. The van der Waals surface area contributed by atoms with Gasteiger partial charge in [0.1, 0.15) is 11.6 Å². The van der Waals surface area contributed by atoms with Gasteiger partial charge in [-0.1, -0.05) is 12.1 Å². The lowest BCUT2D eigenvalue weighted by Crippen LogP contribution is -2.40. The van der Waals surface area contributed by atoms with Crippen LogP contribution >= 0.6 is 0 Å². The van der Waals surface area contributed by atoms with E-state index in [1.807, 2.05) is 6.92 Å². The highest BCUT2D eigenvalue weighted by Crippen LogP contribution is 2.33. The van der Waals surface area contributed by atoms with E-state index in [2.05, 4.69) is 15.5 Å². The van der Waals surface area contributed by atoms with Gasteiger partial charge in [-0.15, -0.1) is 0 Å². The molecule has 1 fully saturated rings. The number of rotatable bonds is 11. The first-order valence-electron chi connectivity index (χ1n) is 11.4. The van der Waals surface area contributed by atoms with Crippen LogP contribution in [-0.2, 0) is 0 Å². The normalized spacial score (nSPS) is 14.1. The van der Waals surface area contributed by atoms with Gasteiger partial charge in [0.2, 0.25) is 5.82 Å². The van der Waals surface area contributed by atoms with Crippen LogP contribution in [0.15, 0.2) is 47.0 Å². The number of amides is 1. The van der Waals surface area contributed by atoms with Crippen molar-refractivity contribution in [3.63, 3.8) is 0 Å². The van der Waals surface area contributed by atoms with Crippen molar-refractivity contribution in [1.29, 1.82) is 0 Å². The quantitative estimate of drug-likeness (QED) is 0.354. The number of hydrogen-bond acceptors (Lipinski definition) is 8. The Morgan fingerprint density at radius 1 is 1.17 bits per heavy atom. The van der Waals surface area contributed by atoms with E-state index in [-0.39, 0.29) is 34.5 Å². The standard InChI is InChI=1S/C25H26FN3O6/c1-2-21(34-18-8-5-15(6-9-18)22(32)14-3-4-14)23-28-25(35-29-23)16-7-10-19(20(26)11-16)24(33)27-17(12-30)13-31/h5-11,14,17,21,30-31H,2-4,12-13H2,1H3,(H,27,33). The summed E-state index contributed by atoms with van der Waals surface area (Å²) in [6, 6.07) is 9.88. The van der Waals surface area contributed by atoms with Gasteiger partial charge in [-0.2, -0.15) is 4.98 Å². The summed E-state index contributed by atoms with van der Waals surface area (Å²) in [5.74, 6) is -0.395. The van der Waals surface area contributed by atoms with Gasteiger partial charge in [0.25, 0.3) is 11.8 Å². The third-order valence-electron chi connectivity index (χ3n) is 5.70. The molecule has 3 aromatic rings. The Morgan fingerprint density at radius 3 is 2.49 bits per heavy atom. The van der Waals surface area contributed by atoms with Crippen LogP contribution in [0.3, 0.4) is 0 Å². The first kappa shape index (κ1) is 24.5. The summed E-state index contributed by atoms with van der Waals surface area (Å²) < 4.78 is 25.9. The molecule has 1 aromatic heterocycles. The summed E-state index contributed by atoms with van der Waals surface area (Å²) in [5, 5.41) is 24.5. The van der Waals surface area contributed by atoms with Gasteiger partial charge in [-0.05, 0) is 61.7 Å². The van der Waals surface area contributed by atoms with Gasteiger partial charge in [0.05, 0.1) is 24.8 Å². The molecular formula is C25H26FN3O6. The number of nitrogens with one attached hydrogen (secondary N) is 1. The van der Waals surface area contributed by atoms with E-state index in [1.54, 1.807) is 24.3 Å². The van der Waals surface area contributed by atoms with E-state index >= 15 is 0 Å². The van der Waals surface area contributed by atoms with Crippen LogP contribution in [0.2, 0.25) is 0 Å². The molecule has 1 heterocycles. The Morgan fingerprint density at radius 2 is 1.89 bits per heavy atom. The van der Waals surface area contributed by atoms with Gasteiger partial charge >= 0.3 is 0 Å². The smallest absolute Gasteiger partial charge is 0.258 e. The van der Waals surface area contributed by atoms with Crippen molar-refractivity contribution in [1.82, 2.24) is 15.5 Å². The van der Waals surface area contributed by atoms with Crippen molar-refractivity contribution in [2.75, 3.05) is 13.2 Å². The van der Waals surface area contributed by atoms with Gasteiger partial charge in [0, 0.05) is 17.0 Å². The second-order valence-corrected chi connectivity index (χ2v) is 8.37. The number of aromatic nitrogens is 2. The van der Waals surface area contributed by atoms with Crippen molar-refractivity contribution in [3.05, 3.63) is 65.2 Å². The molecule has 1 aliphatic rings. The first-order chi connectivity index (χ1) is 16.9. The van der Waals surface area contributed by atoms with Crippen LogP contribution in [-0.4, -0.2) is 51.3 Å². The fourth-order valence-electron chi connectivity index (χ4n) is 3.49. The van der Waals surface area contributed by atoms with Crippen molar-refractivity contribution in [3.8, 4) is 17.2 Å². The maximum Gasteiger partial charge on any atom is 0.258 e. The molecule has 1 amide bonds. The van der Waals surface area contributed by atoms with E-state index in [4.69, 9.17) is 19.5 Å². The van der Waals surface area contributed by atoms with Crippen LogP contribution in [0, 0.1) is 11.7 Å². The van der Waals surface area contributed by atoms with E-state index < -0.39 is 37.1 Å². The molecule has 4 rings (SSSR count). The molecule has 35 heavy (non-hydrogen) atoms. The number of ketones is 1. The molecular weight excluding hydrogens is 457 g/mol. The monoisotopic (exact) mass is 483 g/mol. The highest BCUT2D eigenvalue weighted by Gasteiger charge is 2.30. The number of aliphatic hydroxyl groups is 2. The number of aliphatic hydroxyl groups excluding tert-OH is 2. The maximum atomic E-state index is 14.6. The summed E-state index contributed by atoms with van der Waals surface area (Å²) in [6.07, 6.45) is 1.90. The van der Waals surface area contributed by atoms with E-state index in [0.29, 0.717) is 17.7 Å². The van der Waals surface area contributed by atoms with Crippen LogP contribution in [0.25, 0.3) is 11.5 Å². The van der Waals surface area contributed by atoms with E-state index in [1.165, 1.54) is 12.1 Å². The molecule has 3 N–H and O–H groups in total. The van der Waals surface area contributed by atoms with Gasteiger partial charge in [-0.25, -0.2) is 4.39 Å². The number of benzene rings is 2. The summed E-state index contributed by atoms with van der Waals surface area (Å²) in [4.78, 5) is 28.7. The predicted octanol–water partition coefficient (Wildman–Crippen LogP) is 3.08. The fourth-order valence-corrected chi connectivity index (χ4v) is 3.49. The highest BCUT2D eigenvalue weighted by atomic mass is 19.1. The van der Waals surface area contributed by atoms with E-state index in [9.17, 15) is 14.0 Å². The lowest BCUT2D eigenvalue weighted by Gasteiger charge is -2.14. The third-order valence-corrected chi connectivity index (χ3v) is 5.70. The van der Waals surface area contributed by atoms with Crippen LogP contribution in [0.5, 0.6) is 5.75 Å². The zero-order chi connectivity index (χ0) is 24.9. The van der Waals surface area contributed by atoms with Crippen LogP contribution in [0.4, 0.5) is 4.39 Å². The average Bonchev–Trinajstić information content (AvgIpc) is 3.62. The van der Waals surface area contributed by atoms with Gasteiger partial charge < -0.3 is 24.8 Å². The lowest BCUT2D eigenvalue weighted by molar-refractivity contribution is 0.0875. The number of nitrogens with zero attached hydrogens (tertiary/aromatic N) is 2. The molecule has 1 aliphatic carbocycles. The molecule has 0 spiro atoms. The molecule has 0 aliphatic heterocycles. The minimum atomic E-state index is -0.888. The Labute approximate surface area is 200 Å². The van der Waals surface area contributed by atoms with Crippen molar-refractivity contribution < 1.29 is 33.5 Å². The molecule has 9 nitrogen and oxygen atoms in total. The minimum absolute atomic E-state index is 0.0573. The Kier molecular flexibility index (Phi) is 7.52. The van der Waals surface area contributed by atoms with Gasteiger partial charge in [0.15, 0.2) is 11.9 Å². The Bertz CT molecular complexity index is 1190. The second-order valence-electron chi connectivity index (χ2n) is 8.37. The minimum Gasteiger partial charge on any atom is -0.482 e. The SMILES string of the molecule is CCC(Oc1ccc(C(=O)C2CC2)cc1)c1noc(-c2ccc(C(=O)NC(CO)CO)c(F)c2)n1. The van der Waals surface area contributed by atoms with Crippen molar-refractivity contribution >= 4 is 11.7 Å². The number of carbonyl (C=O) groups is 2.